The Labute approximate surface area is 92.4 Å². The van der Waals surface area contributed by atoms with Crippen LogP contribution in [0.3, 0.4) is 0 Å². The van der Waals surface area contributed by atoms with E-state index in [0.717, 1.165) is 11.3 Å². The molecule has 0 unspecified atom stereocenters. The summed E-state index contributed by atoms with van der Waals surface area (Å²) in [6, 6.07) is 5.30. The minimum absolute atomic E-state index is 0.0285. The molecule has 16 heavy (non-hydrogen) atoms. The van der Waals surface area contributed by atoms with E-state index in [1.807, 2.05) is 19.1 Å². The average molecular weight is 217 g/mol. The number of aromatic carboxylic acids is 1. The number of carboxylic acid groups (broad SMARTS) is 1. The molecule has 5 nitrogen and oxygen atoms in total. The maximum absolute atomic E-state index is 10.8. The molecule has 1 N–H and O–H groups in total. The molecule has 0 aliphatic rings. The molecule has 0 spiro atoms. The maximum Gasteiger partial charge on any atom is 0.356 e. The predicted octanol–water partition coefficient (Wildman–Crippen LogP) is 1.49. The number of aromatic nitrogens is 3. The summed E-state index contributed by atoms with van der Waals surface area (Å²) in [5, 5.41) is 12.7. The van der Waals surface area contributed by atoms with Gasteiger partial charge in [0.05, 0.1) is 11.4 Å². The van der Waals surface area contributed by atoms with Crippen LogP contribution in [0, 0.1) is 6.92 Å². The number of pyridine rings is 1. The van der Waals surface area contributed by atoms with Crippen molar-refractivity contribution in [1.29, 1.82) is 0 Å². The number of carbonyl (C=O) groups is 1. The molecule has 5 heteroatoms. The first-order valence-electron chi connectivity index (χ1n) is 4.78. The number of hydrogen-bond donors (Lipinski definition) is 1. The lowest BCUT2D eigenvalue weighted by Crippen LogP contribution is -1.99. The van der Waals surface area contributed by atoms with Gasteiger partial charge in [-0.2, -0.15) is 5.10 Å². The minimum atomic E-state index is -1.03. The van der Waals surface area contributed by atoms with E-state index in [0.29, 0.717) is 5.69 Å². The topological polar surface area (TPSA) is 68.0 Å². The molecular formula is C11H11N3O2. The van der Waals surface area contributed by atoms with Crippen molar-refractivity contribution in [1.82, 2.24) is 14.8 Å². The van der Waals surface area contributed by atoms with E-state index < -0.39 is 5.97 Å². The zero-order valence-electron chi connectivity index (χ0n) is 9.01. The molecule has 0 aliphatic carbocycles. The molecule has 2 aromatic rings. The highest BCUT2D eigenvalue weighted by Crippen LogP contribution is 2.18. The van der Waals surface area contributed by atoms with Gasteiger partial charge in [0.25, 0.3) is 0 Å². The summed E-state index contributed by atoms with van der Waals surface area (Å²) >= 11 is 0. The van der Waals surface area contributed by atoms with Crippen molar-refractivity contribution in [3.05, 3.63) is 35.7 Å². The Kier molecular flexibility index (Phi) is 2.44. The lowest BCUT2D eigenvalue weighted by Gasteiger charge is -2.00. The molecule has 0 atom stereocenters. The normalized spacial score (nSPS) is 10.4. The van der Waals surface area contributed by atoms with Gasteiger partial charge >= 0.3 is 5.97 Å². The maximum atomic E-state index is 10.8. The van der Waals surface area contributed by atoms with E-state index in [1.54, 1.807) is 13.2 Å². The molecule has 0 aromatic carbocycles. The van der Waals surface area contributed by atoms with Crippen molar-refractivity contribution in [2.24, 2.45) is 7.05 Å². The summed E-state index contributed by atoms with van der Waals surface area (Å²) in [4.78, 5) is 15.0. The fraction of sp³-hybridized carbons (Fsp3) is 0.182. The van der Waals surface area contributed by atoms with Crippen LogP contribution in [0.4, 0.5) is 0 Å². The van der Waals surface area contributed by atoms with Crippen molar-refractivity contribution >= 4 is 5.97 Å². The largest absolute Gasteiger partial charge is 0.476 e. The standard InChI is InChI=1S/C11H11N3O2/c1-7-3-4-12-8(5-7)10-6-9(11(15)16)13-14(10)2/h3-6H,1-2H3,(H,15,16). The van der Waals surface area contributed by atoms with Crippen LogP contribution in [0.15, 0.2) is 24.4 Å². The molecule has 2 rings (SSSR count). The summed E-state index contributed by atoms with van der Waals surface area (Å²) in [5.41, 5.74) is 2.52. The highest BCUT2D eigenvalue weighted by atomic mass is 16.4. The van der Waals surface area contributed by atoms with E-state index in [1.165, 1.54) is 10.7 Å². The highest BCUT2D eigenvalue weighted by Gasteiger charge is 2.13. The lowest BCUT2D eigenvalue weighted by molar-refractivity contribution is 0.0689. The Morgan fingerprint density at radius 3 is 2.75 bits per heavy atom. The van der Waals surface area contributed by atoms with Crippen LogP contribution >= 0.6 is 0 Å². The van der Waals surface area contributed by atoms with E-state index in [4.69, 9.17) is 5.11 Å². The molecule has 0 aliphatic heterocycles. The molecule has 0 bridgehead atoms. The molecule has 2 aromatic heterocycles. The van der Waals surface area contributed by atoms with Crippen molar-refractivity contribution < 1.29 is 9.90 Å². The van der Waals surface area contributed by atoms with E-state index in [9.17, 15) is 4.79 Å². The van der Waals surface area contributed by atoms with Crippen LogP contribution in [0.25, 0.3) is 11.4 Å². The molecule has 0 saturated heterocycles. The van der Waals surface area contributed by atoms with Crippen LogP contribution in [-0.4, -0.2) is 25.8 Å². The van der Waals surface area contributed by atoms with Gasteiger partial charge in [-0.05, 0) is 24.6 Å². The third-order valence-corrected chi connectivity index (χ3v) is 2.28. The number of rotatable bonds is 2. The van der Waals surface area contributed by atoms with Crippen molar-refractivity contribution in [2.75, 3.05) is 0 Å². The fourth-order valence-electron chi connectivity index (χ4n) is 1.49. The number of carboxylic acids is 1. The van der Waals surface area contributed by atoms with Gasteiger partial charge in [0.15, 0.2) is 5.69 Å². The lowest BCUT2D eigenvalue weighted by atomic mass is 10.2. The number of nitrogens with zero attached hydrogens (tertiary/aromatic N) is 3. The van der Waals surface area contributed by atoms with Gasteiger partial charge < -0.3 is 5.11 Å². The van der Waals surface area contributed by atoms with Gasteiger partial charge in [0, 0.05) is 19.3 Å². The summed E-state index contributed by atoms with van der Waals surface area (Å²) in [7, 11) is 1.70. The second-order valence-corrected chi connectivity index (χ2v) is 3.56. The Morgan fingerprint density at radius 2 is 2.19 bits per heavy atom. The van der Waals surface area contributed by atoms with Crippen molar-refractivity contribution in [3.8, 4) is 11.4 Å². The summed E-state index contributed by atoms with van der Waals surface area (Å²) < 4.78 is 1.52. The molecule has 82 valence electrons. The first-order chi connectivity index (χ1) is 7.58. The van der Waals surface area contributed by atoms with Gasteiger partial charge in [-0.15, -0.1) is 0 Å². The van der Waals surface area contributed by atoms with Crippen LogP contribution in [0.2, 0.25) is 0 Å². The SMILES string of the molecule is Cc1ccnc(-c2cc(C(=O)O)nn2C)c1. The van der Waals surface area contributed by atoms with E-state index in [2.05, 4.69) is 10.1 Å². The van der Waals surface area contributed by atoms with Crippen LogP contribution < -0.4 is 0 Å². The Morgan fingerprint density at radius 1 is 1.44 bits per heavy atom. The zero-order chi connectivity index (χ0) is 11.7. The first kappa shape index (κ1) is 10.4. The van der Waals surface area contributed by atoms with Gasteiger partial charge in [-0.3, -0.25) is 9.67 Å². The Hall–Kier alpha value is -2.17. The predicted molar refractivity (Wildman–Crippen MR) is 58.1 cm³/mol. The third-order valence-electron chi connectivity index (χ3n) is 2.28. The van der Waals surface area contributed by atoms with E-state index >= 15 is 0 Å². The van der Waals surface area contributed by atoms with Gasteiger partial charge in [-0.1, -0.05) is 0 Å². The van der Waals surface area contributed by atoms with Crippen LogP contribution in [-0.2, 0) is 7.05 Å². The quantitative estimate of drug-likeness (QED) is 0.827. The number of aryl methyl sites for hydroxylation is 2. The van der Waals surface area contributed by atoms with Crippen LogP contribution in [0.5, 0.6) is 0 Å². The Bertz CT molecular complexity index is 546. The second-order valence-electron chi connectivity index (χ2n) is 3.56. The van der Waals surface area contributed by atoms with Gasteiger partial charge in [-0.25, -0.2) is 4.79 Å². The molecule has 2 heterocycles. The van der Waals surface area contributed by atoms with Crippen molar-refractivity contribution in [3.63, 3.8) is 0 Å². The zero-order valence-corrected chi connectivity index (χ0v) is 9.01. The summed E-state index contributed by atoms with van der Waals surface area (Å²) in [5.74, 6) is -1.03. The molecular weight excluding hydrogens is 206 g/mol. The molecule has 0 saturated carbocycles. The summed E-state index contributed by atoms with van der Waals surface area (Å²) in [6.07, 6.45) is 1.69. The third kappa shape index (κ3) is 1.79. The first-order valence-corrected chi connectivity index (χ1v) is 4.78. The van der Waals surface area contributed by atoms with Crippen LogP contribution in [0.1, 0.15) is 16.1 Å². The summed E-state index contributed by atoms with van der Waals surface area (Å²) in [6.45, 7) is 1.96. The average Bonchev–Trinajstić information content (AvgIpc) is 2.60. The number of hydrogen-bond acceptors (Lipinski definition) is 3. The fourth-order valence-corrected chi connectivity index (χ4v) is 1.49. The van der Waals surface area contributed by atoms with E-state index in [-0.39, 0.29) is 5.69 Å². The van der Waals surface area contributed by atoms with Crippen molar-refractivity contribution in [2.45, 2.75) is 6.92 Å². The van der Waals surface area contributed by atoms with Gasteiger partial charge in [0.1, 0.15) is 0 Å². The highest BCUT2D eigenvalue weighted by molar-refractivity contribution is 5.86. The monoisotopic (exact) mass is 217 g/mol. The Balaban J connectivity index is 2.52. The smallest absolute Gasteiger partial charge is 0.356 e. The minimum Gasteiger partial charge on any atom is -0.476 e. The second kappa shape index (κ2) is 3.77. The van der Waals surface area contributed by atoms with Gasteiger partial charge in [0.2, 0.25) is 0 Å². The molecule has 0 radical (unpaired) electrons. The molecule has 0 amide bonds. The molecule has 0 fully saturated rings.